The van der Waals surface area contributed by atoms with Gasteiger partial charge in [-0.05, 0) is 12.1 Å². The molecule has 0 aromatic heterocycles. The first-order valence-corrected chi connectivity index (χ1v) is 7.75. The lowest BCUT2D eigenvalue weighted by atomic mass is 10.3. The third kappa shape index (κ3) is 4.46. The quantitative estimate of drug-likeness (QED) is 0.531. The van der Waals surface area contributed by atoms with Crippen LogP contribution in [0.1, 0.15) is 0 Å². The molecule has 1 aromatic carbocycles. The fraction of sp³-hybridized carbons (Fsp3) is 0.333. The van der Waals surface area contributed by atoms with Crippen LogP contribution in [0, 0.1) is 0 Å². The molecule has 0 aliphatic heterocycles. The van der Waals surface area contributed by atoms with E-state index in [2.05, 4.69) is 4.52 Å². The second-order valence-electron chi connectivity index (χ2n) is 2.94. The van der Waals surface area contributed by atoms with Crippen molar-refractivity contribution < 1.29 is 18.1 Å². The Morgan fingerprint density at radius 1 is 1.22 bits per heavy atom. The molecule has 9 heteroatoms. The van der Waals surface area contributed by atoms with Crippen LogP contribution in [0.25, 0.3) is 0 Å². The highest BCUT2D eigenvalue weighted by Crippen LogP contribution is 2.52. The van der Waals surface area contributed by atoms with Gasteiger partial charge in [-0.1, -0.05) is 34.8 Å². The summed E-state index contributed by atoms with van der Waals surface area (Å²) in [5, 5.41) is 0.518. The van der Waals surface area contributed by atoms with Crippen LogP contribution in [0.5, 0.6) is 5.75 Å². The number of halogens is 4. The number of alkyl halides is 1. The number of phosphoric acid groups is 1. The maximum Gasteiger partial charge on any atom is 0.529 e. The number of rotatable bonds is 6. The summed E-state index contributed by atoms with van der Waals surface area (Å²) >= 11 is 22.9. The molecule has 1 aromatic rings. The highest BCUT2D eigenvalue weighted by molar-refractivity contribution is 7.48. The third-order valence-electron chi connectivity index (χ3n) is 1.72. The Morgan fingerprint density at radius 3 is 2.22 bits per heavy atom. The molecule has 18 heavy (non-hydrogen) atoms. The van der Waals surface area contributed by atoms with Crippen LogP contribution < -0.4 is 4.52 Å². The van der Waals surface area contributed by atoms with E-state index in [-0.39, 0.29) is 28.3 Å². The molecular weight excluding hydrogens is 345 g/mol. The van der Waals surface area contributed by atoms with Crippen LogP contribution in [0.3, 0.4) is 0 Å². The largest absolute Gasteiger partial charge is 0.529 e. The van der Waals surface area contributed by atoms with Gasteiger partial charge in [0, 0.05) is 18.0 Å². The molecule has 0 bridgehead atoms. The molecule has 0 saturated heterocycles. The summed E-state index contributed by atoms with van der Waals surface area (Å²) in [7, 11) is -2.63. The monoisotopic (exact) mass is 352 g/mol. The summed E-state index contributed by atoms with van der Waals surface area (Å²) in [6.07, 6.45) is 0. The molecule has 1 atom stereocenters. The van der Waals surface area contributed by atoms with Gasteiger partial charge in [0.25, 0.3) is 0 Å². The van der Waals surface area contributed by atoms with Gasteiger partial charge in [-0.2, -0.15) is 0 Å². The lowest BCUT2D eigenvalue weighted by molar-refractivity contribution is 0.188. The molecule has 0 heterocycles. The van der Waals surface area contributed by atoms with Crippen LogP contribution in [-0.2, 0) is 13.6 Å². The van der Waals surface area contributed by atoms with Gasteiger partial charge < -0.3 is 4.52 Å². The van der Waals surface area contributed by atoms with Crippen molar-refractivity contribution in [1.29, 1.82) is 0 Å². The van der Waals surface area contributed by atoms with Crippen molar-refractivity contribution in [2.75, 3.05) is 19.6 Å². The van der Waals surface area contributed by atoms with E-state index in [4.69, 9.17) is 55.5 Å². The molecule has 102 valence electrons. The Morgan fingerprint density at radius 2 is 1.78 bits per heavy atom. The van der Waals surface area contributed by atoms with Crippen molar-refractivity contribution in [1.82, 2.24) is 0 Å². The van der Waals surface area contributed by atoms with E-state index >= 15 is 0 Å². The maximum atomic E-state index is 12.0. The lowest BCUT2D eigenvalue weighted by Crippen LogP contribution is -2.03. The Balaban J connectivity index is 2.98. The third-order valence-corrected chi connectivity index (χ3v) is 4.00. The van der Waals surface area contributed by atoms with E-state index in [0.29, 0.717) is 5.02 Å². The molecule has 1 unspecified atom stereocenters. The first-order valence-electron chi connectivity index (χ1n) is 4.62. The first-order chi connectivity index (χ1) is 8.41. The zero-order valence-corrected chi connectivity index (χ0v) is 13.1. The number of benzene rings is 1. The summed E-state index contributed by atoms with van der Waals surface area (Å²) in [5.41, 5.74) is 0. The average Bonchev–Trinajstić information content (AvgIpc) is 2.31. The fourth-order valence-corrected chi connectivity index (χ4v) is 3.14. The molecular formula is C9H9Cl4O4P. The van der Waals surface area contributed by atoms with E-state index < -0.39 is 7.82 Å². The minimum atomic E-state index is -3.80. The van der Waals surface area contributed by atoms with Crippen LogP contribution >= 0.6 is 54.2 Å². The summed E-state index contributed by atoms with van der Waals surface area (Å²) in [6, 6.07) is 2.79. The molecule has 0 amide bonds. The van der Waals surface area contributed by atoms with E-state index in [1.807, 2.05) is 0 Å². The molecule has 0 spiro atoms. The zero-order valence-electron chi connectivity index (χ0n) is 9.16. The summed E-state index contributed by atoms with van der Waals surface area (Å²) < 4.78 is 26.7. The zero-order chi connectivity index (χ0) is 13.8. The van der Waals surface area contributed by atoms with Crippen molar-refractivity contribution in [3.05, 3.63) is 27.2 Å². The maximum absolute atomic E-state index is 12.0. The highest BCUT2D eigenvalue weighted by atomic mass is 35.5. The van der Waals surface area contributed by atoms with Gasteiger partial charge in [0.15, 0.2) is 5.75 Å². The Labute approximate surface area is 125 Å². The SMILES string of the molecule is COP(=O)(OCCCl)Oc1c(Cl)cc(Cl)cc1Cl. The van der Waals surface area contributed by atoms with E-state index in [1.165, 1.54) is 19.2 Å². The standard InChI is InChI=1S/C9H9Cl4O4P/c1-15-18(14,16-3-2-10)17-9-7(12)4-6(11)5-8(9)13/h4-5H,2-3H2,1H3. The van der Waals surface area contributed by atoms with Gasteiger partial charge in [-0.25, -0.2) is 4.57 Å². The second-order valence-corrected chi connectivity index (χ2v) is 6.27. The van der Waals surface area contributed by atoms with Crippen LogP contribution in [0.15, 0.2) is 12.1 Å². The first kappa shape index (κ1) is 16.4. The van der Waals surface area contributed by atoms with Gasteiger partial charge in [0.05, 0.1) is 16.7 Å². The Bertz CT molecular complexity index is 445. The number of phosphoric ester groups is 1. The van der Waals surface area contributed by atoms with Crippen molar-refractivity contribution in [2.45, 2.75) is 0 Å². The van der Waals surface area contributed by atoms with Crippen LogP contribution in [0.4, 0.5) is 0 Å². The van der Waals surface area contributed by atoms with Gasteiger partial charge in [-0.15, -0.1) is 11.6 Å². The smallest absolute Gasteiger partial charge is 0.401 e. The molecule has 0 fully saturated rings. The summed E-state index contributed by atoms with van der Waals surface area (Å²) in [5.74, 6) is 0.112. The minimum absolute atomic E-state index is 0.00446. The van der Waals surface area contributed by atoms with Crippen molar-refractivity contribution >= 4 is 54.2 Å². The summed E-state index contributed by atoms with van der Waals surface area (Å²) in [4.78, 5) is 0. The molecule has 0 aliphatic carbocycles. The topological polar surface area (TPSA) is 44.8 Å². The number of hydrogen-bond donors (Lipinski definition) is 0. The summed E-state index contributed by atoms with van der Waals surface area (Å²) in [6.45, 7) is -0.00446. The normalized spacial score (nSPS) is 14.3. The molecule has 4 nitrogen and oxygen atoms in total. The molecule has 1 rings (SSSR count). The van der Waals surface area contributed by atoms with Crippen LogP contribution in [-0.4, -0.2) is 19.6 Å². The molecule has 0 aliphatic rings. The molecule has 0 radical (unpaired) electrons. The van der Waals surface area contributed by atoms with Gasteiger partial charge in [0.1, 0.15) is 0 Å². The Hall–Kier alpha value is 0.330. The van der Waals surface area contributed by atoms with E-state index in [0.717, 1.165) is 0 Å². The average molecular weight is 354 g/mol. The van der Waals surface area contributed by atoms with Crippen molar-refractivity contribution in [2.24, 2.45) is 0 Å². The predicted molar refractivity (Wildman–Crippen MR) is 73.4 cm³/mol. The van der Waals surface area contributed by atoms with Crippen molar-refractivity contribution in [3.8, 4) is 5.75 Å². The lowest BCUT2D eigenvalue weighted by Gasteiger charge is -2.17. The van der Waals surface area contributed by atoms with Crippen molar-refractivity contribution in [3.63, 3.8) is 0 Å². The van der Waals surface area contributed by atoms with Crippen LogP contribution in [0.2, 0.25) is 15.1 Å². The van der Waals surface area contributed by atoms with Gasteiger partial charge >= 0.3 is 7.82 Å². The van der Waals surface area contributed by atoms with E-state index in [9.17, 15) is 4.57 Å². The minimum Gasteiger partial charge on any atom is -0.401 e. The molecule has 0 N–H and O–H groups in total. The van der Waals surface area contributed by atoms with Gasteiger partial charge in [-0.3, -0.25) is 9.05 Å². The Kier molecular flexibility index (Phi) is 6.56. The number of hydrogen-bond acceptors (Lipinski definition) is 4. The highest BCUT2D eigenvalue weighted by Gasteiger charge is 2.29. The van der Waals surface area contributed by atoms with Gasteiger partial charge in [0.2, 0.25) is 0 Å². The second kappa shape index (κ2) is 7.20. The fourth-order valence-electron chi connectivity index (χ4n) is 0.991. The molecule has 0 saturated carbocycles. The van der Waals surface area contributed by atoms with E-state index in [1.54, 1.807) is 0 Å². The predicted octanol–water partition coefficient (Wildman–Crippen LogP) is 5.04.